The van der Waals surface area contributed by atoms with Crippen molar-refractivity contribution in [2.45, 2.75) is 51.2 Å². The number of rotatable bonds is 5. The Morgan fingerprint density at radius 1 is 1.22 bits per heavy atom. The minimum absolute atomic E-state index is 0.0477. The van der Waals surface area contributed by atoms with E-state index in [9.17, 15) is 4.79 Å². The van der Waals surface area contributed by atoms with Gasteiger partial charge in [0.05, 0.1) is 6.10 Å². The van der Waals surface area contributed by atoms with Crippen molar-refractivity contribution in [1.82, 2.24) is 9.88 Å². The lowest BCUT2D eigenvalue weighted by Crippen LogP contribution is -2.38. The molecule has 0 radical (unpaired) electrons. The van der Waals surface area contributed by atoms with E-state index in [0.717, 1.165) is 24.0 Å². The molecule has 0 amide bonds. The second-order valence-corrected chi connectivity index (χ2v) is 6.58. The standard InChI is InChI=1S/C19H26N2O2/c1-3-12-21(2)15-4-6-16(7-5-15)23-17-8-9-18-14(13-17)10-11-20-19(18)22/h8-11,13,15-16H,3-7,12H2,1-2H3,(H,20,22)/t15-,16-. The fourth-order valence-electron chi connectivity index (χ4n) is 3.58. The summed E-state index contributed by atoms with van der Waals surface area (Å²) in [6.45, 7) is 3.41. The van der Waals surface area contributed by atoms with Gasteiger partial charge in [0.25, 0.3) is 5.56 Å². The molecule has 1 aromatic heterocycles. The molecule has 0 spiro atoms. The van der Waals surface area contributed by atoms with Crippen molar-refractivity contribution in [3.05, 3.63) is 40.8 Å². The molecule has 4 heteroatoms. The van der Waals surface area contributed by atoms with Gasteiger partial charge < -0.3 is 14.6 Å². The molecule has 124 valence electrons. The Kier molecular flexibility index (Phi) is 5.01. The van der Waals surface area contributed by atoms with Crippen molar-refractivity contribution in [2.24, 2.45) is 0 Å². The number of hydrogen-bond acceptors (Lipinski definition) is 3. The van der Waals surface area contributed by atoms with Crippen LogP contribution in [-0.4, -0.2) is 35.6 Å². The van der Waals surface area contributed by atoms with E-state index in [-0.39, 0.29) is 5.56 Å². The Labute approximate surface area is 137 Å². The molecule has 1 aliphatic rings. The molecule has 0 unspecified atom stereocenters. The molecule has 1 fully saturated rings. The third kappa shape index (κ3) is 3.75. The second kappa shape index (κ2) is 7.18. The lowest BCUT2D eigenvalue weighted by molar-refractivity contribution is 0.101. The van der Waals surface area contributed by atoms with Crippen molar-refractivity contribution < 1.29 is 4.74 Å². The molecule has 0 atom stereocenters. The van der Waals surface area contributed by atoms with Crippen molar-refractivity contribution in [3.63, 3.8) is 0 Å². The number of hydrogen-bond donors (Lipinski definition) is 1. The Morgan fingerprint density at radius 2 is 2.00 bits per heavy atom. The summed E-state index contributed by atoms with van der Waals surface area (Å²) < 4.78 is 6.16. The van der Waals surface area contributed by atoms with Gasteiger partial charge in [0, 0.05) is 17.6 Å². The topological polar surface area (TPSA) is 45.3 Å². The highest BCUT2D eigenvalue weighted by Gasteiger charge is 2.24. The van der Waals surface area contributed by atoms with Gasteiger partial charge in [0.2, 0.25) is 0 Å². The number of aromatic nitrogens is 1. The van der Waals surface area contributed by atoms with Gasteiger partial charge in [-0.2, -0.15) is 0 Å². The molecule has 1 aromatic carbocycles. The predicted molar refractivity (Wildman–Crippen MR) is 94.2 cm³/mol. The van der Waals surface area contributed by atoms with Crippen molar-refractivity contribution in [3.8, 4) is 5.75 Å². The third-order valence-electron chi connectivity index (χ3n) is 4.89. The highest BCUT2D eigenvalue weighted by molar-refractivity contribution is 5.82. The average molecular weight is 314 g/mol. The first-order valence-corrected chi connectivity index (χ1v) is 8.65. The summed E-state index contributed by atoms with van der Waals surface area (Å²) in [7, 11) is 2.23. The fraction of sp³-hybridized carbons (Fsp3) is 0.526. The minimum atomic E-state index is -0.0477. The first-order valence-electron chi connectivity index (χ1n) is 8.65. The third-order valence-corrected chi connectivity index (χ3v) is 4.89. The molecule has 0 saturated heterocycles. The van der Waals surface area contributed by atoms with Crippen LogP contribution in [0.15, 0.2) is 35.3 Å². The molecule has 3 rings (SSSR count). The van der Waals surface area contributed by atoms with E-state index >= 15 is 0 Å². The summed E-state index contributed by atoms with van der Waals surface area (Å²) in [6.07, 6.45) is 7.80. The zero-order valence-electron chi connectivity index (χ0n) is 14.0. The number of pyridine rings is 1. The smallest absolute Gasteiger partial charge is 0.255 e. The van der Waals surface area contributed by atoms with Gasteiger partial charge in [-0.15, -0.1) is 0 Å². The Hall–Kier alpha value is -1.81. The van der Waals surface area contributed by atoms with E-state index < -0.39 is 0 Å². The van der Waals surface area contributed by atoms with Crippen LogP contribution >= 0.6 is 0 Å². The van der Waals surface area contributed by atoms with E-state index in [4.69, 9.17) is 4.74 Å². The molecule has 23 heavy (non-hydrogen) atoms. The van der Waals surface area contributed by atoms with Crippen molar-refractivity contribution in [1.29, 1.82) is 0 Å². The molecule has 4 nitrogen and oxygen atoms in total. The van der Waals surface area contributed by atoms with Crippen LogP contribution in [0.5, 0.6) is 5.75 Å². The lowest BCUT2D eigenvalue weighted by Gasteiger charge is -2.34. The van der Waals surface area contributed by atoms with Gasteiger partial charge in [0.1, 0.15) is 5.75 Å². The molecular weight excluding hydrogens is 288 g/mol. The number of ether oxygens (including phenoxy) is 1. The first kappa shape index (κ1) is 16.1. The number of aromatic amines is 1. The maximum atomic E-state index is 11.7. The van der Waals surface area contributed by atoms with Crippen LogP contribution in [0.1, 0.15) is 39.0 Å². The summed E-state index contributed by atoms with van der Waals surface area (Å²) in [4.78, 5) is 16.9. The van der Waals surface area contributed by atoms with Gasteiger partial charge in [-0.1, -0.05) is 6.92 Å². The van der Waals surface area contributed by atoms with Crippen LogP contribution in [0.3, 0.4) is 0 Å². The number of benzene rings is 1. The lowest BCUT2D eigenvalue weighted by atomic mass is 9.92. The number of fused-ring (bicyclic) bond motifs is 1. The number of nitrogens with one attached hydrogen (secondary N) is 1. The Balaban J connectivity index is 1.62. The zero-order valence-corrected chi connectivity index (χ0v) is 14.0. The van der Waals surface area contributed by atoms with E-state index in [1.54, 1.807) is 6.20 Å². The molecule has 1 N–H and O–H groups in total. The summed E-state index contributed by atoms with van der Waals surface area (Å²) in [5.41, 5.74) is -0.0477. The Bertz CT molecular complexity index is 702. The quantitative estimate of drug-likeness (QED) is 0.918. The van der Waals surface area contributed by atoms with Gasteiger partial charge in [-0.3, -0.25) is 4.79 Å². The van der Waals surface area contributed by atoms with Gasteiger partial charge in [-0.05, 0) is 75.3 Å². The van der Waals surface area contributed by atoms with E-state index in [1.165, 1.54) is 25.8 Å². The van der Waals surface area contributed by atoms with E-state index in [0.29, 0.717) is 17.5 Å². The molecular formula is C19H26N2O2. The Morgan fingerprint density at radius 3 is 2.74 bits per heavy atom. The first-order chi connectivity index (χ1) is 11.2. The fourth-order valence-corrected chi connectivity index (χ4v) is 3.58. The summed E-state index contributed by atoms with van der Waals surface area (Å²) in [5, 5.41) is 1.65. The molecule has 2 aromatic rings. The highest BCUT2D eigenvalue weighted by Crippen LogP contribution is 2.27. The SMILES string of the molecule is CCCN(C)[C@H]1CC[C@H](Oc2ccc3c(=O)[nH]ccc3c2)CC1. The van der Waals surface area contributed by atoms with Gasteiger partial charge >= 0.3 is 0 Å². The molecule has 1 aliphatic carbocycles. The monoisotopic (exact) mass is 314 g/mol. The minimum Gasteiger partial charge on any atom is -0.490 e. The van der Waals surface area contributed by atoms with Crippen molar-refractivity contribution >= 4 is 10.8 Å². The second-order valence-electron chi connectivity index (χ2n) is 6.58. The molecule has 0 bridgehead atoms. The average Bonchev–Trinajstić information content (AvgIpc) is 2.56. The molecule has 1 heterocycles. The highest BCUT2D eigenvalue weighted by atomic mass is 16.5. The van der Waals surface area contributed by atoms with Gasteiger partial charge in [-0.25, -0.2) is 0 Å². The maximum Gasteiger partial charge on any atom is 0.255 e. The maximum absolute atomic E-state index is 11.7. The van der Waals surface area contributed by atoms with Crippen LogP contribution in [0.2, 0.25) is 0 Å². The van der Waals surface area contributed by atoms with Gasteiger partial charge in [0.15, 0.2) is 0 Å². The van der Waals surface area contributed by atoms with Crippen LogP contribution in [0.25, 0.3) is 10.8 Å². The van der Waals surface area contributed by atoms with E-state index in [1.807, 2.05) is 24.3 Å². The molecule has 0 aliphatic heterocycles. The predicted octanol–water partition coefficient (Wildman–Crippen LogP) is 3.56. The normalized spacial score (nSPS) is 21.7. The summed E-state index contributed by atoms with van der Waals surface area (Å²) in [6, 6.07) is 8.35. The summed E-state index contributed by atoms with van der Waals surface area (Å²) >= 11 is 0. The van der Waals surface area contributed by atoms with Crippen LogP contribution in [0, 0.1) is 0 Å². The largest absolute Gasteiger partial charge is 0.490 e. The van der Waals surface area contributed by atoms with Crippen LogP contribution in [-0.2, 0) is 0 Å². The van der Waals surface area contributed by atoms with Crippen LogP contribution in [0.4, 0.5) is 0 Å². The number of nitrogens with zero attached hydrogens (tertiary/aromatic N) is 1. The van der Waals surface area contributed by atoms with Crippen molar-refractivity contribution in [2.75, 3.05) is 13.6 Å². The molecule has 1 saturated carbocycles. The summed E-state index contributed by atoms with van der Waals surface area (Å²) in [5.74, 6) is 0.869. The zero-order chi connectivity index (χ0) is 16.2. The van der Waals surface area contributed by atoms with E-state index in [2.05, 4.69) is 23.9 Å². The number of H-pyrrole nitrogens is 1. The van der Waals surface area contributed by atoms with Crippen LogP contribution < -0.4 is 10.3 Å².